The zero-order valence-corrected chi connectivity index (χ0v) is 21.0. The summed E-state index contributed by atoms with van der Waals surface area (Å²) in [5.74, 6) is 1.91. The van der Waals surface area contributed by atoms with Gasteiger partial charge in [-0.2, -0.15) is 0 Å². The summed E-state index contributed by atoms with van der Waals surface area (Å²) in [4.78, 5) is 20.0. The largest absolute Gasteiger partial charge is 0.378 e. The van der Waals surface area contributed by atoms with E-state index in [2.05, 4.69) is 43.7 Å². The van der Waals surface area contributed by atoms with Crippen LogP contribution in [0.15, 0.2) is 59.9 Å². The van der Waals surface area contributed by atoms with E-state index in [9.17, 15) is 4.79 Å². The number of pyridine rings is 1. The van der Waals surface area contributed by atoms with Crippen molar-refractivity contribution in [3.8, 4) is 11.5 Å². The van der Waals surface area contributed by atoms with Gasteiger partial charge < -0.3 is 14.2 Å². The molecule has 35 heavy (non-hydrogen) atoms. The minimum atomic E-state index is 0.0533. The summed E-state index contributed by atoms with van der Waals surface area (Å²) in [6, 6.07) is 15.9. The second kappa shape index (κ2) is 10.1. The van der Waals surface area contributed by atoms with Crippen molar-refractivity contribution in [2.45, 2.75) is 25.9 Å². The Morgan fingerprint density at radius 2 is 1.77 bits per heavy atom. The molecule has 0 bridgehead atoms. The van der Waals surface area contributed by atoms with Crippen LogP contribution in [-0.2, 0) is 4.74 Å². The number of morpholine rings is 1. The molecule has 5 rings (SSSR count). The molecule has 0 spiro atoms. The maximum atomic E-state index is 13.3. The van der Waals surface area contributed by atoms with E-state index >= 15 is 0 Å². The Balaban J connectivity index is 1.43. The van der Waals surface area contributed by atoms with E-state index in [4.69, 9.17) is 4.74 Å². The number of ketones is 1. The fraction of sp³-hybridized carbons (Fsp3) is 0.308. The minimum Gasteiger partial charge on any atom is -0.378 e. The number of Topliss-reactive ketones (excluding diaryl/α,β-unsaturated/α-hetero) is 1. The standard InChI is InChI=1S/C26H28N6O2S/c1-18-8-4-5-9-22(18)32-25(30-12-14-34-15-13-30)28-29-26(32)35-17-23(33)21-16-19(2)31(20(21)3)24-10-6-7-11-27-24/h4-11,16H,12-15,17H2,1-3H3. The van der Waals surface area contributed by atoms with Gasteiger partial charge in [-0.1, -0.05) is 36.0 Å². The Labute approximate surface area is 209 Å². The van der Waals surface area contributed by atoms with Gasteiger partial charge in [-0.15, -0.1) is 10.2 Å². The van der Waals surface area contributed by atoms with E-state index < -0.39 is 0 Å². The summed E-state index contributed by atoms with van der Waals surface area (Å²) in [6.07, 6.45) is 1.76. The molecule has 180 valence electrons. The molecule has 1 aliphatic rings. The first kappa shape index (κ1) is 23.3. The second-order valence-corrected chi connectivity index (χ2v) is 9.47. The fourth-order valence-corrected chi connectivity index (χ4v) is 5.26. The van der Waals surface area contributed by atoms with E-state index in [1.54, 1.807) is 6.20 Å². The summed E-state index contributed by atoms with van der Waals surface area (Å²) in [5.41, 5.74) is 4.71. The summed E-state index contributed by atoms with van der Waals surface area (Å²) in [7, 11) is 0. The summed E-state index contributed by atoms with van der Waals surface area (Å²) >= 11 is 1.42. The molecule has 0 unspecified atom stereocenters. The van der Waals surface area contributed by atoms with Crippen LogP contribution in [0.2, 0.25) is 0 Å². The van der Waals surface area contributed by atoms with Gasteiger partial charge >= 0.3 is 0 Å². The van der Waals surface area contributed by atoms with E-state index in [0.717, 1.165) is 47.5 Å². The lowest BCUT2D eigenvalue weighted by Gasteiger charge is -2.28. The third-order valence-electron chi connectivity index (χ3n) is 6.21. The number of ether oxygens (including phenoxy) is 1. The fourth-order valence-electron chi connectivity index (χ4n) is 4.44. The highest BCUT2D eigenvalue weighted by Crippen LogP contribution is 2.30. The monoisotopic (exact) mass is 488 g/mol. The van der Waals surface area contributed by atoms with Gasteiger partial charge in [-0.05, 0) is 50.6 Å². The van der Waals surface area contributed by atoms with E-state index in [-0.39, 0.29) is 11.5 Å². The van der Waals surface area contributed by atoms with Crippen LogP contribution < -0.4 is 4.90 Å². The number of rotatable bonds is 7. The molecule has 1 aromatic carbocycles. The Morgan fingerprint density at radius 3 is 2.51 bits per heavy atom. The second-order valence-electron chi connectivity index (χ2n) is 8.52. The van der Waals surface area contributed by atoms with Crippen LogP contribution in [0.25, 0.3) is 11.5 Å². The van der Waals surface area contributed by atoms with Crippen molar-refractivity contribution in [3.05, 3.63) is 77.2 Å². The third-order valence-corrected chi connectivity index (χ3v) is 7.14. The van der Waals surface area contributed by atoms with E-state index in [1.807, 2.05) is 54.8 Å². The van der Waals surface area contributed by atoms with Gasteiger partial charge in [-0.25, -0.2) is 4.98 Å². The summed E-state index contributed by atoms with van der Waals surface area (Å²) in [5, 5.41) is 9.72. The lowest BCUT2D eigenvalue weighted by atomic mass is 10.2. The molecule has 0 aliphatic carbocycles. The first-order valence-electron chi connectivity index (χ1n) is 11.6. The maximum Gasteiger partial charge on any atom is 0.232 e. The predicted molar refractivity (Wildman–Crippen MR) is 137 cm³/mol. The number of hydrogen-bond acceptors (Lipinski definition) is 7. The number of benzene rings is 1. The minimum absolute atomic E-state index is 0.0533. The zero-order chi connectivity index (χ0) is 24.4. The number of aromatic nitrogens is 5. The van der Waals surface area contributed by atoms with Crippen molar-refractivity contribution in [1.29, 1.82) is 0 Å². The molecular weight excluding hydrogens is 460 g/mol. The smallest absolute Gasteiger partial charge is 0.232 e. The zero-order valence-electron chi connectivity index (χ0n) is 20.1. The van der Waals surface area contributed by atoms with Crippen molar-refractivity contribution in [2.24, 2.45) is 0 Å². The van der Waals surface area contributed by atoms with Gasteiger partial charge in [0.2, 0.25) is 5.95 Å². The number of anilines is 1. The molecule has 9 heteroatoms. The first-order valence-corrected chi connectivity index (χ1v) is 12.6. The number of hydrogen-bond donors (Lipinski definition) is 0. The Hall–Kier alpha value is -3.43. The average Bonchev–Trinajstić information content (AvgIpc) is 3.44. The number of para-hydroxylation sites is 1. The summed E-state index contributed by atoms with van der Waals surface area (Å²) < 4.78 is 9.61. The quantitative estimate of drug-likeness (QED) is 0.285. The molecule has 0 saturated carbocycles. The number of thioether (sulfide) groups is 1. The topological polar surface area (TPSA) is 78.1 Å². The molecule has 0 atom stereocenters. The predicted octanol–water partition coefficient (Wildman–Crippen LogP) is 4.19. The molecule has 3 aromatic heterocycles. The Bertz CT molecular complexity index is 1340. The van der Waals surface area contributed by atoms with Crippen LogP contribution in [0.3, 0.4) is 0 Å². The van der Waals surface area contributed by atoms with Crippen molar-refractivity contribution in [2.75, 3.05) is 37.0 Å². The highest BCUT2D eigenvalue weighted by molar-refractivity contribution is 7.99. The first-order chi connectivity index (χ1) is 17.0. The summed E-state index contributed by atoms with van der Waals surface area (Å²) in [6.45, 7) is 8.87. The maximum absolute atomic E-state index is 13.3. The SMILES string of the molecule is Cc1ccccc1-n1c(SCC(=O)c2cc(C)n(-c3ccccn3)c2C)nnc1N1CCOCC1. The van der Waals surface area contributed by atoms with E-state index in [0.29, 0.717) is 23.9 Å². The van der Waals surface area contributed by atoms with Crippen LogP contribution in [0.5, 0.6) is 0 Å². The Kier molecular flexibility index (Phi) is 6.70. The van der Waals surface area contributed by atoms with Crippen LogP contribution >= 0.6 is 11.8 Å². The number of carbonyl (C=O) groups is 1. The molecule has 0 amide bonds. The lowest BCUT2D eigenvalue weighted by molar-refractivity contribution is 0.102. The van der Waals surface area contributed by atoms with Crippen LogP contribution in [-0.4, -0.2) is 62.2 Å². The van der Waals surface area contributed by atoms with Gasteiger partial charge in [0.05, 0.1) is 24.7 Å². The van der Waals surface area contributed by atoms with Crippen LogP contribution in [0.4, 0.5) is 5.95 Å². The molecular formula is C26H28N6O2S. The van der Waals surface area contributed by atoms with Gasteiger partial charge in [0.25, 0.3) is 0 Å². The molecule has 0 N–H and O–H groups in total. The van der Waals surface area contributed by atoms with Gasteiger partial charge in [0.15, 0.2) is 10.9 Å². The van der Waals surface area contributed by atoms with Crippen molar-refractivity contribution in [1.82, 2.24) is 24.3 Å². The molecule has 1 aliphatic heterocycles. The normalized spacial score (nSPS) is 13.9. The van der Waals surface area contributed by atoms with Gasteiger partial charge in [0, 0.05) is 36.2 Å². The number of aryl methyl sites for hydroxylation is 2. The number of nitrogens with zero attached hydrogens (tertiary/aromatic N) is 6. The number of carbonyl (C=O) groups excluding carboxylic acids is 1. The van der Waals surface area contributed by atoms with Gasteiger partial charge in [0.1, 0.15) is 5.82 Å². The lowest BCUT2D eigenvalue weighted by Crippen LogP contribution is -2.38. The molecule has 8 nitrogen and oxygen atoms in total. The molecule has 1 fully saturated rings. The van der Waals surface area contributed by atoms with Crippen LogP contribution in [0, 0.1) is 20.8 Å². The third kappa shape index (κ3) is 4.61. The van der Waals surface area contributed by atoms with Crippen molar-refractivity contribution in [3.63, 3.8) is 0 Å². The van der Waals surface area contributed by atoms with E-state index in [1.165, 1.54) is 11.8 Å². The van der Waals surface area contributed by atoms with Crippen molar-refractivity contribution >= 4 is 23.5 Å². The molecule has 1 saturated heterocycles. The highest BCUT2D eigenvalue weighted by atomic mass is 32.2. The van der Waals surface area contributed by atoms with Gasteiger partial charge in [-0.3, -0.25) is 9.36 Å². The van der Waals surface area contributed by atoms with Crippen LogP contribution in [0.1, 0.15) is 27.3 Å². The highest BCUT2D eigenvalue weighted by Gasteiger charge is 2.24. The Morgan fingerprint density at radius 1 is 1.00 bits per heavy atom. The molecule has 4 aromatic rings. The van der Waals surface area contributed by atoms with Crippen molar-refractivity contribution < 1.29 is 9.53 Å². The average molecular weight is 489 g/mol. The molecule has 0 radical (unpaired) electrons. The molecule has 4 heterocycles.